The summed E-state index contributed by atoms with van der Waals surface area (Å²) in [5.41, 5.74) is 5.89. The highest BCUT2D eigenvalue weighted by atomic mass is 35.5. The Bertz CT molecular complexity index is 648. The van der Waals surface area contributed by atoms with Gasteiger partial charge in [-0.15, -0.1) is 0 Å². The van der Waals surface area contributed by atoms with Gasteiger partial charge < -0.3 is 20.5 Å². The Morgan fingerprint density at radius 1 is 1.21 bits per heavy atom. The van der Waals surface area contributed by atoms with Gasteiger partial charge in [-0.05, 0) is 26.8 Å². The summed E-state index contributed by atoms with van der Waals surface area (Å²) in [4.78, 5) is 35.5. The van der Waals surface area contributed by atoms with Gasteiger partial charge in [-0.3, -0.25) is 10.1 Å². The fourth-order valence-electron chi connectivity index (χ4n) is 1.69. The summed E-state index contributed by atoms with van der Waals surface area (Å²) in [5.74, 6) is -1.44. The SMILES string of the molecule is COc1cc(N)c(Cl)cc1C(=O)OC(C)C(=O)NC(=O)NC(C)C. The van der Waals surface area contributed by atoms with Gasteiger partial charge in [-0.25, -0.2) is 9.59 Å². The summed E-state index contributed by atoms with van der Waals surface area (Å²) in [6.45, 7) is 4.82. The number of nitrogens with two attached hydrogens (primary N) is 1. The van der Waals surface area contributed by atoms with Gasteiger partial charge in [-0.1, -0.05) is 11.6 Å². The smallest absolute Gasteiger partial charge is 0.342 e. The summed E-state index contributed by atoms with van der Waals surface area (Å²) in [7, 11) is 1.35. The van der Waals surface area contributed by atoms with E-state index in [0.717, 1.165) is 0 Å². The maximum atomic E-state index is 12.2. The molecule has 0 aliphatic carbocycles. The number of amides is 3. The van der Waals surface area contributed by atoms with Crippen LogP contribution in [0.25, 0.3) is 0 Å². The molecule has 1 aromatic rings. The Balaban J connectivity index is 2.78. The number of carbonyl (C=O) groups excluding carboxylic acids is 3. The minimum Gasteiger partial charge on any atom is -0.496 e. The summed E-state index contributed by atoms with van der Waals surface area (Å²) in [6, 6.07) is 1.84. The molecule has 0 aromatic heterocycles. The van der Waals surface area contributed by atoms with Crippen molar-refractivity contribution in [1.82, 2.24) is 10.6 Å². The second-order valence-corrected chi connectivity index (χ2v) is 5.65. The van der Waals surface area contributed by atoms with Gasteiger partial charge in [-0.2, -0.15) is 0 Å². The molecule has 0 aliphatic heterocycles. The molecule has 1 atom stereocenters. The van der Waals surface area contributed by atoms with Crippen LogP contribution in [0.5, 0.6) is 5.75 Å². The van der Waals surface area contributed by atoms with Crippen LogP contribution < -0.4 is 21.1 Å². The first-order chi connectivity index (χ1) is 11.1. The molecule has 0 saturated heterocycles. The fourth-order valence-corrected chi connectivity index (χ4v) is 1.85. The molecule has 24 heavy (non-hydrogen) atoms. The highest BCUT2D eigenvalue weighted by Gasteiger charge is 2.23. The predicted molar refractivity (Wildman–Crippen MR) is 89.1 cm³/mol. The number of methoxy groups -OCH3 is 1. The molecule has 0 aliphatic rings. The van der Waals surface area contributed by atoms with Crippen LogP contribution in [-0.4, -0.2) is 37.2 Å². The molecule has 1 aromatic carbocycles. The minimum absolute atomic E-state index is 0.0166. The van der Waals surface area contributed by atoms with E-state index in [1.165, 1.54) is 26.2 Å². The monoisotopic (exact) mass is 357 g/mol. The van der Waals surface area contributed by atoms with Crippen molar-refractivity contribution in [3.63, 3.8) is 0 Å². The zero-order chi connectivity index (χ0) is 18.4. The molecule has 0 heterocycles. The van der Waals surface area contributed by atoms with Crippen LogP contribution in [-0.2, 0) is 9.53 Å². The molecule has 0 fully saturated rings. The molecular formula is C15H20ClN3O5. The van der Waals surface area contributed by atoms with Crippen LogP contribution >= 0.6 is 11.6 Å². The highest BCUT2D eigenvalue weighted by Crippen LogP contribution is 2.29. The number of halogens is 1. The Morgan fingerprint density at radius 3 is 2.38 bits per heavy atom. The number of nitrogen functional groups attached to an aromatic ring is 1. The number of benzene rings is 1. The summed E-state index contributed by atoms with van der Waals surface area (Å²) < 4.78 is 10.1. The summed E-state index contributed by atoms with van der Waals surface area (Å²) in [5, 5.41) is 4.71. The number of urea groups is 1. The van der Waals surface area contributed by atoms with Gasteiger partial charge in [0.2, 0.25) is 0 Å². The second-order valence-electron chi connectivity index (χ2n) is 5.24. The summed E-state index contributed by atoms with van der Waals surface area (Å²) in [6.07, 6.45) is -1.20. The van der Waals surface area contributed by atoms with Crippen molar-refractivity contribution in [2.24, 2.45) is 0 Å². The van der Waals surface area contributed by atoms with E-state index in [4.69, 9.17) is 26.8 Å². The highest BCUT2D eigenvalue weighted by molar-refractivity contribution is 6.33. The van der Waals surface area contributed by atoms with E-state index in [1.54, 1.807) is 13.8 Å². The normalized spacial score (nSPS) is 11.6. The van der Waals surface area contributed by atoms with Crippen molar-refractivity contribution in [3.8, 4) is 5.75 Å². The topological polar surface area (TPSA) is 120 Å². The number of nitrogens with one attached hydrogen (secondary N) is 2. The first-order valence-corrected chi connectivity index (χ1v) is 7.48. The lowest BCUT2D eigenvalue weighted by molar-refractivity contribution is -0.127. The maximum absolute atomic E-state index is 12.2. The van der Waals surface area contributed by atoms with Crippen molar-refractivity contribution in [3.05, 3.63) is 22.7 Å². The Kier molecular flexibility index (Phi) is 6.84. The van der Waals surface area contributed by atoms with Crippen LogP contribution in [0.1, 0.15) is 31.1 Å². The third-order valence-electron chi connectivity index (χ3n) is 2.85. The van der Waals surface area contributed by atoms with E-state index >= 15 is 0 Å². The number of carbonyl (C=O) groups is 3. The average molecular weight is 358 g/mol. The molecule has 1 rings (SSSR count). The zero-order valence-electron chi connectivity index (χ0n) is 13.8. The van der Waals surface area contributed by atoms with Crippen LogP contribution in [0.3, 0.4) is 0 Å². The van der Waals surface area contributed by atoms with Crippen molar-refractivity contribution < 1.29 is 23.9 Å². The van der Waals surface area contributed by atoms with Crippen LogP contribution in [0.15, 0.2) is 12.1 Å². The minimum atomic E-state index is -1.20. The lowest BCUT2D eigenvalue weighted by atomic mass is 10.2. The molecule has 1 unspecified atom stereocenters. The average Bonchev–Trinajstić information content (AvgIpc) is 2.48. The van der Waals surface area contributed by atoms with Gasteiger partial charge >= 0.3 is 12.0 Å². The molecule has 9 heteroatoms. The molecule has 8 nitrogen and oxygen atoms in total. The second kappa shape index (κ2) is 8.39. The van der Waals surface area contributed by atoms with E-state index in [9.17, 15) is 14.4 Å². The Morgan fingerprint density at radius 2 is 1.83 bits per heavy atom. The van der Waals surface area contributed by atoms with E-state index in [0.29, 0.717) is 0 Å². The number of rotatable bonds is 5. The third-order valence-corrected chi connectivity index (χ3v) is 3.18. The van der Waals surface area contributed by atoms with Crippen LogP contribution in [0.2, 0.25) is 5.02 Å². The Hall–Kier alpha value is -2.48. The molecule has 0 bridgehead atoms. The van der Waals surface area contributed by atoms with Crippen molar-refractivity contribution in [2.45, 2.75) is 32.9 Å². The number of esters is 1. The maximum Gasteiger partial charge on any atom is 0.342 e. The number of imide groups is 1. The van der Waals surface area contributed by atoms with E-state index in [1.807, 2.05) is 0 Å². The van der Waals surface area contributed by atoms with Crippen LogP contribution in [0, 0.1) is 0 Å². The number of hydrogen-bond acceptors (Lipinski definition) is 6. The van der Waals surface area contributed by atoms with Gasteiger partial charge in [0, 0.05) is 12.1 Å². The zero-order valence-corrected chi connectivity index (χ0v) is 14.6. The molecule has 132 valence electrons. The Labute approximate surface area is 144 Å². The van der Waals surface area contributed by atoms with Crippen molar-refractivity contribution in [1.29, 1.82) is 0 Å². The molecule has 0 saturated carbocycles. The number of hydrogen-bond donors (Lipinski definition) is 3. The molecule has 0 radical (unpaired) electrons. The van der Waals surface area contributed by atoms with Crippen LogP contribution in [0.4, 0.5) is 10.5 Å². The first-order valence-electron chi connectivity index (χ1n) is 7.11. The molecule has 0 spiro atoms. The van der Waals surface area contributed by atoms with E-state index in [-0.39, 0.29) is 28.1 Å². The lowest BCUT2D eigenvalue weighted by Gasteiger charge is -2.15. The lowest BCUT2D eigenvalue weighted by Crippen LogP contribution is -2.46. The third kappa shape index (κ3) is 5.31. The molecule has 4 N–H and O–H groups in total. The standard InChI is InChI=1S/C15H20ClN3O5/c1-7(2)18-15(22)19-13(20)8(3)24-14(21)9-5-10(16)11(17)6-12(9)23-4/h5-8H,17H2,1-4H3,(H2,18,19,20,22). The van der Waals surface area contributed by atoms with E-state index in [2.05, 4.69) is 10.6 Å². The molecule has 3 amide bonds. The van der Waals surface area contributed by atoms with Gasteiger partial charge in [0.15, 0.2) is 6.10 Å². The van der Waals surface area contributed by atoms with Gasteiger partial charge in [0.05, 0.1) is 17.8 Å². The quantitative estimate of drug-likeness (QED) is 0.545. The van der Waals surface area contributed by atoms with E-state index < -0.39 is 24.0 Å². The number of ether oxygens (including phenoxy) is 2. The van der Waals surface area contributed by atoms with Gasteiger partial charge in [0.25, 0.3) is 5.91 Å². The first kappa shape index (κ1) is 19.6. The largest absolute Gasteiger partial charge is 0.496 e. The van der Waals surface area contributed by atoms with Crippen molar-refractivity contribution in [2.75, 3.05) is 12.8 Å². The molecular weight excluding hydrogens is 338 g/mol. The predicted octanol–water partition coefficient (Wildman–Crippen LogP) is 1.71. The summed E-state index contributed by atoms with van der Waals surface area (Å²) >= 11 is 5.88. The number of anilines is 1. The fraction of sp³-hybridized carbons (Fsp3) is 0.400. The van der Waals surface area contributed by atoms with Gasteiger partial charge in [0.1, 0.15) is 11.3 Å². The van der Waals surface area contributed by atoms with Crippen molar-refractivity contribution >= 4 is 35.2 Å².